The van der Waals surface area contributed by atoms with Gasteiger partial charge in [-0.15, -0.1) is 10.2 Å². The first-order valence-corrected chi connectivity index (χ1v) is 13.4. The molecule has 184 valence electrons. The number of ether oxygens (including phenoxy) is 1. The van der Waals surface area contributed by atoms with Crippen molar-refractivity contribution in [3.8, 4) is 5.75 Å². The highest BCUT2D eigenvalue weighted by atomic mass is 32.2. The number of rotatable bonds is 11. The third kappa shape index (κ3) is 6.19. The number of amides is 1. The number of nitrogens with one attached hydrogen (secondary N) is 1. The number of fused-ring (bicyclic) bond motifs is 1. The number of thioether (sulfide) groups is 1. The second-order valence-corrected chi connectivity index (χ2v) is 10.2. The predicted molar refractivity (Wildman–Crippen MR) is 142 cm³/mol. The Labute approximate surface area is 213 Å². The smallest absolute Gasteiger partial charge is 0.236 e. The van der Waals surface area contributed by atoms with Gasteiger partial charge in [-0.2, -0.15) is 0 Å². The quantitative estimate of drug-likeness (QED) is 0.282. The van der Waals surface area contributed by atoms with Crippen molar-refractivity contribution < 1.29 is 9.53 Å². The molecule has 0 aliphatic carbocycles. The molecule has 0 aliphatic heterocycles. The molecule has 0 unspecified atom stereocenters. The molecule has 1 amide bonds. The lowest BCUT2D eigenvalue weighted by atomic mass is 10.2. The minimum absolute atomic E-state index is 0.130. The van der Waals surface area contributed by atoms with E-state index in [1.807, 2.05) is 57.4 Å². The van der Waals surface area contributed by atoms with Crippen LogP contribution in [0, 0.1) is 0 Å². The van der Waals surface area contributed by atoms with Crippen LogP contribution in [0.25, 0.3) is 10.2 Å². The van der Waals surface area contributed by atoms with Crippen LogP contribution < -0.4 is 10.1 Å². The lowest BCUT2D eigenvalue weighted by molar-refractivity contribution is -0.113. The maximum absolute atomic E-state index is 12.8. The van der Waals surface area contributed by atoms with E-state index in [0.29, 0.717) is 18.3 Å². The second kappa shape index (κ2) is 11.7. The van der Waals surface area contributed by atoms with Crippen LogP contribution in [-0.2, 0) is 11.3 Å². The molecule has 0 aliphatic rings. The van der Waals surface area contributed by atoms with Gasteiger partial charge in [0.2, 0.25) is 5.91 Å². The van der Waals surface area contributed by atoms with Crippen molar-refractivity contribution in [3.05, 3.63) is 59.9 Å². The Hall–Kier alpha value is -2.95. The molecule has 4 rings (SSSR count). The lowest BCUT2D eigenvalue weighted by Crippen LogP contribution is -2.23. The summed E-state index contributed by atoms with van der Waals surface area (Å²) in [6.07, 6.45) is 0.910. The normalized spacial score (nSPS) is 12.3. The summed E-state index contributed by atoms with van der Waals surface area (Å²) in [7, 11) is 4.09. The van der Waals surface area contributed by atoms with Gasteiger partial charge in [-0.05, 0) is 51.2 Å². The number of nitrogens with zero attached hydrogens (tertiary/aromatic N) is 5. The molecular weight excluding hydrogens is 480 g/mol. The van der Waals surface area contributed by atoms with Crippen LogP contribution in [0.15, 0.2) is 53.7 Å². The Morgan fingerprint density at radius 2 is 1.97 bits per heavy atom. The van der Waals surface area contributed by atoms with Crippen molar-refractivity contribution in [3.63, 3.8) is 0 Å². The number of benzene rings is 2. The predicted octanol–water partition coefficient (Wildman–Crippen LogP) is 5.08. The molecule has 35 heavy (non-hydrogen) atoms. The molecule has 0 saturated heterocycles. The molecule has 2 heterocycles. The Balaban J connectivity index is 1.48. The zero-order valence-corrected chi connectivity index (χ0v) is 22.0. The van der Waals surface area contributed by atoms with Crippen molar-refractivity contribution in [1.82, 2.24) is 24.6 Å². The minimum Gasteiger partial charge on any atom is -0.494 e. The van der Waals surface area contributed by atoms with Crippen molar-refractivity contribution in [1.29, 1.82) is 0 Å². The summed E-state index contributed by atoms with van der Waals surface area (Å²) in [6.45, 7) is 5.35. The van der Waals surface area contributed by atoms with Crippen LogP contribution in [0.1, 0.15) is 37.7 Å². The zero-order chi connectivity index (χ0) is 24.8. The van der Waals surface area contributed by atoms with Crippen LogP contribution in [0.2, 0.25) is 0 Å². The Morgan fingerprint density at radius 3 is 2.69 bits per heavy atom. The van der Waals surface area contributed by atoms with Gasteiger partial charge in [-0.25, -0.2) is 4.98 Å². The maximum Gasteiger partial charge on any atom is 0.236 e. The average molecular weight is 511 g/mol. The number of aromatic nitrogens is 4. The highest BCUT2D eigenvalue weighted by molar-refractivity contribution is 7.99. The number of carbonyl (C=O) groups is 1. The monoisotopic (exact) mass is 510 g/mol. The number of hydrogen-bond donors (Lipinski definition) is 1. The summed E-state index contributed by atoms with van der Waals surface area (Å²) in [5.74, 6) is 1.79. The maximum atomic E-state index is 12.8. The molecular formula is C25H30N6O2S2. The summed E-state index contributed by atoms with van der Waals surface area (Å²) in [5, 5.41) is 13.2. The topological polar surface area (TPSA) is 85.2 Å². The van der Waals surface area contributed by atoms with Gasteiger partial charge in [0, 0.05) is 0 Å². The Bertz CT molecular complexity index is 1270. The van der Waals surface area contributed by atoms with Crippen LogP contribution >= 0.6 is 23.1 Å². The summed E-state index contributed by atoms with van der Waals surface area (Å²) in [4.78, 5) is 19.4. The van der Waals surface area contributed by atoms with Gasteiger partial charge in [0.1, 0.15) is 5.75 Å². The molecule has 0 bridgehead atoms. The highest BCUT2D eigenvalue weighted by Crippen LogP contribution is 2.30. The molecule has 2 aromatic carbocycles. The third-order valence-corrected chi connectivity index (χ3v) is 7.39. The fourth-order valence-electron chi connectivity index (χ4n) is 3.85. The Morgan fingerprint density at radius 1 is 1.17 bits per heavy atom. The van der Waals surface area contributed by atoms with Crippen LogP contribution in [0.4, 0.5) is 5.13 Å². The standard InChI is InChI=1S/C25H30N6O2S2/c1-5-20(30(3)4)23-28-29-25(31(23)15-17-10-8-7-9-11-17)34-16-22(32)27-24-26-19-13-12-18(33-6-2)14-21(19)35-24/h7-14,20H,5-6,15-16H2,1-4H3,(H,26,27,32)/t20-/m1/s1. The number of anilines is 1. The van der Waals surface area contributed by atoms with E-state index in [2.05, 4.69) is 49.0 Å². The minimum atomic E-state index is -0.130. The molecule has 0 radical (unpaired) electrons. The van der Waals surface area contributed by atoms with E-state index in [4.69, 9.17) is 4.74 Å². The first-order chi connectivity index (χ1) is 17.0. The van der Waals surface area contributed by atoms with E-state index < -0.39 is 0 Å². The molecule has 0 fully saturated rings. The van der Waals surface area contributed by atoms with Crippen molar-refractivity contribution in [2.75, 3.05) is 31.8 Å². The fraction of sp³-hybridized carbons (Fsp3) is 0.360. The van der Waals surface area contributed by atoms with Crippen LogP contribution in [0.3, 0.4) is 0 Å². The van der Waals surface area contributed by atoms with Gasteiger partial charge >= 0.3 is 0 Å². The van der Waals surface area contributed by atoms with E-state index in [1.165, 1.54) is 23.1 Å². The highest BCUT2D eigenvalue weighted by Gasteiger charge is 2.23. The van der Waals surface area contributed by atoms with Gasteiger partial charge in [0.15, 0.2) is 16.1 Å². The largest absolute Gasteiger partial charge is 0.494 e. The molecule has 8 nitrogen and oxygen atoms in total. The molecule has 0 saturated carbocycles. The zero-order valence-electron chi connectivity index (χ0n) is 20.4. The van der Waals surface area contributed by atoms with Crippen molar-refractivity contribution in [2.24, 2.45) is 0 Å². The second-order valence-electron chi connectivity index (χ2n) is 8.22. The van der Waals surface area contributed by atoms with Crippen molar-refractivity contribution >= 4 is 44.4 Å². The van der Waals surface area contributed by atoms with E-state index >= 15 is 0 Å². The van der Waals surface area contributed by atoms with Gasteiger partial charge in [-0.3, -0.25) is 9.69 Å². The number of thiazole rings is 1. The number of carbonyl (C=O) groups excluding carboxylic acids is 1. The lowest BCUT2D eigenvalue weighted by Gasteiger charge is -2.23. The fourth-order valence-corrected chi connectivity index (χ4v) is 5.50. The van der Waals surface area contributed by atoms with E-state index in [0.717, 1.165) is 38.9 Å². The van der Waals surface area contributed by atoms with E-state index in [9.17, 15) is 4.79 Å². The molecule has 4 aromatic rings. The molecule has 1 atom stereocenters. The van der Waals surface area contributed by atoms with E-state index in [1.54, 1.807) is 0 Å². The van der Waals surface area contributed by atoms with Crippen LogP contribution in [0.5, 0.6) is 5.75 Å². The first-order valence-electron chi connectivity index (χ1n) is 11.6. The summed E-state index contributed by atoms with van der Waals surface area (Å²) in [5.41, 5.74) is 2.00. The number of hydrogen-bond acceptors (Lipinski definition) is 8. The first kappa shape index (κ1) is 25.2. The van der Waals surface area contributed by atoms with Gasteiger partial charge in [0.25, 0.3) is 0 Å². The van der Waals surface area contributed by atoms with Crippen LogP contribution in [-0.4, -0.2) is 57.0 Å². The summed E-state index contributed by atoms with van der Waals surface area (Å²) in [6, 6.07) is 16.1. The third-order valence-electron chi connectivity index (χ3n) is 5.49. The summed E-state index contributed by atoms with van der Waals surface area (Å²) >= 11 is 2.82. The van der Waals surface area contributed by atoms with Gasteiger partial charge in [-0.1, -0.05) is 60.4 Å². The molecule has 1 N–H and O–H groups in total. The average Bonchev–Trinajstić information content (AvgIpc) is 3.42. The van der Waals surface area contributed by atoms with Gasteiger partial charge < -0.3 is 14.6 Å². The molecule has 10 heteroatoms. The SMILES string of the molecule is CCOc1ccc2nc(NC(=O)CSc3nnc([C@@H](CC)N(C)C)n3Cc3ccccc3)sc2c1. The molecule has 2 aromatic heterocycles. The van der Waals surface area contributed by atoms with Gasteiger partial charge in [0.05, 0.1) is 35.2 Å². The van der Waals surface area contributed by atoms with Crippen molar-refractivity contribution in [2.45, 2.75) is 38.0 Å². The Kier molecular flexibility index (Phi) is 8.37. The summed E-state index contributed by atoms with van der Waals surface area (Å²) < 4.78 is 8.65. The van der Waals surface area contributed by atoms with E-state index in [-0.39, 0.29) is 17.7 Å². The molecule has 0 spiro atoms.